The van der Waals surface area contributed by atoms with Gasteiger partial charge < -0.3 is 10.1 Å². The molecule has 1 N–H and O–H groups in total. The zero-order valence-electron chi connectivity index (χ0n) is 18.6. The van der Waals surface area contributed by atoms with Crippen molar-refractivity contribution in [1.29, 1.82) is 5.26 Å². The molecule has 10 nitrogen and oxygen atoms in total. The third-order valence-electron chi connectivity index (χ3n) is 5.25. The van der Waals surface area contributed by atoms with Gasteiger partial charge in [0.15, 0.2) is 0 Å². The van der Waals surface area contributed by atoms with E-state index in [1.165, 1.54) is 24.1 Å². The smallest absolute Gasteiger partial charge is 0.244 e. The normalized spacial score (nSPS) is 14.5. The van der Waals surface area contributed by atoms with Crippen LogP contribution in [0.1, 0.15) is 11.3 Å². The molecule has 0 aliphatic carbocycles. The first-order valence-electron chi connectivity index (χ1n) is 10.4. The number of sulfonamides is 1. The van der Waals surface area contributed by atoms with E-state index in [2.05, 4.69) is 21.4 Å². The summed E-state index contributed by atoms with van der Waals surface area (Å²) in [5.41, 5.74) is 1.91. The van der Waals surface area contributed by atoms with Crippen LogP contribution in [0.15, 0.2) is 59.5 Å². The molecule has 1 aliphatic heterocycles. The maximum atomic E-state index is 13.0. The third-order valence-corrected chi connectivity index (χ3v) is 7.11. The highest BCUT2D eigenvalue weighted by Crippen LogP contribution is 2.24. The molecule has 1 saturated heterocycles. The summed E-state index contributed by atoms with van der Waals surface area (Å²) in [5.74, 6) is 0.802. The molecule has 3 aromatic rings. The summed E-state index contributed by atoms with van der Waals surface area (Å²) in [7, 11) is -2.33. The van der Waals surface area contributed by atoms with Gasteiger partial charge in [-0.2, -0.15) is 14.6 Å². The largest absolute Gasteiger partial charge is 0.497 e. The van der Waals surface area contributed by atoms with Crippen LogP contribution in [0.3, 0.4) is 0 Å². The molecule has 4 rings (SSSR count). The van der Waals surface area contributed by atoms with Crippen molar-refractivity contribution in [2.75, 3.05) is 37.0 Å². The van der Waals surface area contributed by atoms with Crippen molar-refractivity contribution >= 4 is 33.4 Å². The lowest BCUT2D eigenvalue weighted by molar-refractivity contribution is -0.120. The van der Waals surface area contributed by atoms with E-state index in [0.717, 1.165) is 9.99 Å². The van der Waals surface area contributed by atoms with Gasteiger partial charge in [-0.25, -0.2) is 13.4 Å². The van der Waals surface area contributed by atoms with Gasteiger partial charge in [-0.15, -0.1) is 0 Å². The first-order chi connectivity index (χ1) is 16.3. The summed E-state index contributed by atoms with van der Waals surface area (Å²) in [4.78, 5) is 23.2. The van der Waals surface area contributed by atoms with Gasteiger partial charge in [0.25, 0.3) is 0 Å². The molecule has 0 unspecified atom stereocenters. The number of anilines is 3. The predicted molar refractivity (Wildman–Crippen MR) is 125 cm³/mol. The Morgan fingerprint density at radius 3 is 2.38 bits per heavy atom. The van der Waals surface area contributed by atoms with Crippen LogP contribution < -0.4 is 15.0 Å². The number of nitrogens with zero attached hydrogens (tertiary/aromatic N) is 5. The van der Waals surface area contributed by atoms with Crippen molar-refractivity contribution in [2.45, 2.75) is 11.8 Å². The molecule has 2 aromatic carbocycles. The highest BCUT2D eigenvalue weighted by Gasteiger charge is 2.34. The number of amides is 1. The molecular formula is C23H22N6O4S. The van der Waals surface area contributed by atoms with Crippen LogP contribution in [0.25, 0.3) is 0 Å². The number of carbonyl (C=O) groups is 1. The SMILES string of the molecule is COc1ccc(S(=O)(=O)N2CCN(c3nc(C)cc(Nc4ccc(C#N)cc4)n3)C(=O)C2)cc1. The average Bonchev–Trinajstić information content (AvgIpc) is 2.84. The van der Waals surface area contributed by atoms with Crippen molar-refractivity contribution in [1.82, 2.24) is 14.3 Å². The second-order valence-electron chi connectivity index (χ2n) is 7.57. The standard InChI is InChI=1S/C23H22N6O4S/c1-16-13-21(26-18-5-3-17(14-24)4-6-18)27-23(25-16)29-12-11-28(15-22(29)30)34(31,32)20-9-7-19(33-2)8-10-20/h3-10,13H,11-12,15H2,1-2H3,(H,25,26,27). The minimum atomic E-state index is -3.83. The van der Waals surface area contributed by atoms with Crippen LogP contribution in [-0.2, 0) is 14.8 Å². The first-order valence-corrected chi connectivity index (χ1v) is 11.8. The van der Waals surface area contributed by atoms with Gasteiger partial charge in [-0.1, -0.05) is 0 Å². The van der Waals surface area contributed by atoms with E-state index >= 15 is 0 Å². The van der Waals surface area contributed by atoms with Gasteiger partial charge in [0.05, 0.1) is 30.2 Å². The van der Waals surface area contributed by atoms with Crippen LogP contribution in [0, 0.1) is 18.3 Å². The van der Waals surface area contributed by atoms with E-state index in [1.54, 1.807) is 49.4 Å². The summed E-state index contributed by atoms with van der Waals surface area (Å²) in [6, 6.07) is 16.7. The topological polar surface area (TPSA) is 129 Å². The molecule has 0 bridgehead atoms. The van der Waals surface area contributed by atoms with Crippen LogP contribution in [0.5, 0.6) is 5.75 Å². The summed E-state index contributed by atoms with van der Waals surface area (Å²) in [5, 5.41) is 12.1. The molecule has 1 amide bonds. The molecule has 0 atom stereocenters. The van der Waals surface area contributed by atoms with E-state index in [-0.39, 0.29) is 30.5 Å². The number of nitriles is 1. The van der Waals surface area contributed by atoms with Crippen molar-refractivity contribution < 1.29 is 17.9 Å². The van der Waals surface area contributed by atoms with Crippen molar-refractivity contribution in [3.05, 3.63) is 65.9 Å². The quantitative estimate of drug-likeness (QED) is 0.572. The van der Waals surface area contributed by atoms with Gasteiger partial charge in [0, 0.05) is 30.5 Å². The van der Waals surface area contributed by atoms with Crippen LogP contribution in [0.2, 0.25) is 0 Å². The van der Waals surface area contributed by atoms with Gasteiger partial charge in [0.2, 0.25) is 21.9 Å². The number of rotatable bonds is 6. The Labute approximate surface area is 197 Å². The van der Waals surface area contributed by atoms with E-state index in [1.807, 2.05) is 0 Å². The van der Waals surface area contributed by atoms with Crippen molar-refractivity contribution in [3.63, 3.8) is 0 Å². The maximum Gasteiger partial charge on any atom is 0.244 e. The number of nitrogens with one attached hydrogen (secondary N) is 1. The van der Waals surface area contributed by atoms with E-state index in [0.29, 0.717) is 22.8 Å². The molecule has 34 heavy (non-hydrogen) atoms. The number of piperazine rings is 1. The van der Waals surface area contributed by atoms with E-state index < -0.39 is 15.9 Å². The average molecular weight is 479 g/mol. The molecule has 11 heteroatoms. The highest BCUT2D eigenvalue weighted by molar-refractivity contribution is 7.89. The second-order valence-corrected chi connectivity index (χ2v) is 9.51. The molecule has 0 saturated carbocycles. The lowest BCUT2D eigenvalue weighted by atomic mass is 10.2. The summed E-state index contributed by atoms with van der Waals surface area (Å²) in [6.07, 6.45) is 0. The maximum absolute atomic E-state index is 13.0. The molecule has 174 valence electrons. The minimum absolute atomic E-state index is 0.0928. The Balaban J connectivity index is 1.50. The summed E-state index contributed by atoms with van der Waals surface area (Å²) < 4.78 is 32.2. The van der Waals surface area contributed by atoms with Gasteiger partial charge in [-0.3, -0.25) is 9.69 Å². The zero-order valence-corrected chi connectivity index (χ0v) is 19.4. The molecule has 0 spiro atoms. The van der Waals surface area contributed by atoms with E-state index in [9.17, 15) is 13.2 Å². The lowest BCUT2D eigenvalue weighted by Gasteiger charge is -2.32. The van der Waals surface area contributed by atoms with Crippen molar-refractivity contribution in [2.24, 2.45) is 0 Å². The van der Waals surface area contributed by atoms with E-state index in [4.69, 9.17) is 10.00 Å². The molecule has 2 heterocycles. The molecular weight excluding hydrogens is 456 g/mol. The summed E-state index contributed by atoms with van der Waals surface area (Å²) >= 11 is 0. The van der Waals surface area contributed by atoms with Crippen molar-refractivity contribution in [3.8, 4) is 11.8 Å². The minimum Gasteiger partial charge on any atom is -0.497 e. The number of hydrogen-bond donors (Lipinski definition) is 1. The number of aryl methyl sites for hydroxylation is 1. The first kappa shape index (κ1) is 23.2. The number of ether oxygens (including phenoxy) is 1. The van der Waals surface area contributed by atoms with Crippen LogP contribution in [0.4, 0.5) is 17.5 Å². The number of aromatic nitrogens is 2. The Hall–Kier alpha value is -4.01. The van der Waals surface area contributed by atoms with Gasteiger partial charge >= 0.3 is 0 Å². The Kier molecular flexibility index (Phi) is 6.45. The molecule has 0 radical (unpaired) electrons. The van der Waals surface area contributed by atoms with Gasteiger partial charge in [-0.05, 0) is 55.5 Å². The Bertz CT molecular complexity index is 1350. The third kappa shape index (κ3) is 4.83. The lowest BCUT2D eigenvalue weighted by Crippen LogP contribution is -2.52. The van der Waals surface area contributed by atoms with Crippen LogP contribution in [-0.4, -0.2) is 55.3 Å². The molecule has 1 aromatic heterocycles. The fraction of sp³-hybridized carbons (Fsp3) is 0.217. The molecule has 1 aliphatic rings. The predicted octanol–water partition coefficient (Wildman–Crippen LogP) is 2.45. The van der Waals surface area contributed by atoms with Crippen LogP contribution >= 0.6 is 0 Å². The Morgan fingerprint density at radius 2 is 1.76 bits per heavy atom. The number of hydrogen-bond acceptors (Lipinski definition) is 8. The fourth-order valence-electron chi connectivity index (χ4n) is 3.48. The number of carbonyl (C=O) groups excluding carboxylic acids is 1. The molecule has 1 fully saturated rings. The monoisotopic (exact) mass is 478 g/mol. The highest BCUT2D eigenvalue weighted by atomic mass is 32.2. The van der Waals surface area contributed by atoms with Gasteiger partial charge in [0.1, 0.15) is 11.6 Å². The zero-order chi connectivity index (χ0) is 24.3. The fourth-order valence-corrected chi connectivity index (χ4v) is 4.86. The summed E-state index contributed by atoms with van der Waals surface area (Å²) in [6.45, 7) is 1.69. The number of benzene rings is 2. The second kappa shape index (κ2) is 9.46. The number of methoxy groups -OCH3 is 1. The Morgan fingerprint density at radius 1 is 1.06 bits per heavy atom.